The molecule has 0 heterocycles. The predicted molar refractivity (Wildman–Crippen MR) is 66.2 cm³/mol. The maximum atomic E-state index is 11.9. The Morgan fingerprint density at radius 2 is 1.33 bits per heavy atom. The van der Waals surface area contributed by atoms with E-state index < -0.39 is 5.97 Å². The molecule has 0 amide bonds. The summed E-state index contributed by atoms with van der Waals surface area (Å²) in [5, 5.41) is 11.1. The van der Waals surface area contributed by atoms with Crippen molar-refractivity contribution >= 4 is 11.8 Å². The van der Waals surface area contributed by atoms with E-state index in [1.807, 2.05) is 27.7 Å². The van der Waals surface area contributed by atoms with Gasteiger partial charge in [-0.25, -0.2) is 0 Å². The second-order valence-corrected chi connectivity index (χ2v) is 4.32. The Labute approximate surface area is 153 Å². The molecule has 0 aromatic heterocycles. The Morgan fingerprint density at radius 3 is 1.61 bits per heavy atom. The van der Waals surface area contributed by atoms with Gasteiger partial charge in [0.2, 0.25) is 0 Å². The largest absolute Gasteiger partial charge is 1.00 e. The summed E-state index contributed by atoms with van der Waals surface area (Å²) < 4.78 is 0. The van der Waals surface area contributed by atoms with Gasteiger partial charge >= 0.3 is 51.4 Å². The average molecular weight is 278 g/mol. The summed E-state index contributed by atoms with van der Waals surface area (Å²) in [6, 6.07) is 0. The van der Waals surface area contributed by atoms with Crippen LogP contribution < -0.4 is 56.5 Å². The molecule has 0 unspecified atom stereocenters. The number of carbonyl (C=O) groups is 2. The van der Waals surface area contributed by atoms with Crippen LogP contribution in [0.5, 0.6) is 0 Å². The van der Waals surface area contributed by atoms with Crippen molar-refractivity contribution < 1.29 is 66.1 Å². The summed E-state index contributed by atoms with van der Waals surface area (Å²) in [5.41, 5.74) is 0.159. The maximum absolute atomic E-state index is 11.9. The fraction of sp³-hybridized carbons (Fsp3) is 0.714. The van der Waals surface area contributed by atoms with E-state index in [1.54, 1.807) is 0 Å². The van der Waals surface area contributed by atoms with Crippen molar-refractivity contribution in [1.82, 2.24) is 0 Å². The molecule has 0 N–H and O–H groups in total. The second kappa shape index (κ2) is 11.4. The molecule has 0 aliphatic heterocycles. The van der Waals surface area contributed by atoms with E-state index in [0.717, 1.165) is 12.8 Å². The van der Waals surface area contributed by atoms with E-state index >= 15 is 0 Å². The van der Waals surface area contributed by atoms with Crippen molar-refractivity contribution in [2.24, 2.45) is 11.8 Å². The third-order valence-corrected chi connectivity index (χ3v) is 3.35. The van der Waals surface area contributed by atoms with Gasteiger partial charge in [-0.05, 0) is 43.3 Å². The summed E-state index contributed by atoms with van der Waals surface area (Å²) in [6.45, 7) is 7.73. The van der Waals surface area contributed by atoms with E-state index in [-0.39, 0.29) is 74.6 Å². The number of allylic oxidation sites excluding steroid dienone is 1. The molecule has 18 heavy (non-hydrogen) atoms. The molecule has 0 aromatic rings. The van der Waals surface area contributed by atoms with Gasteiger partial charge in [0.15, 0.2) is 5.78 Å². The minimum Gasteiger partial charge on any atom is -0.545 e. The van der Waals surface area contributed by atoms with E-state index in [0.29, 0.717) is 12.8 Å². The van der Waals surface area contributed by atoms with Crippen molar-refractivity contribution in [2.75, 3.05) is 0 Å². The second-order valence-electron chi connectivity index (χ2n) is 4.32. The SMILES string of the molecule is CCC(CC)C(=O)/C=C(\C(=O)[O-])C(CC)CC.[K+]. The average Bonchev–Trinajstić information content (AvgIpc) is 2.30. The molecule has 0 radical (unpaired) electrons. The van der Waals surface area contributed by atoms with E-state index in [2.05, 4.69) is 0 Å². The van der Waals surface area contributed by atoms with Crippen LogP contribution in [-0.2, 0) is 9.59 Å². The van der Waals surface area contributed by atoms with Gasteiger partial charge in [-0.15, -0.1) is 0 Å². The standard InChI is InChI=1S/C14H24O3.K/c1-5-10(6-2)12(14(16)17)9-13(15)11(7-3)8-4;/h9-11H,5-8H2,1-4H3,(H,16,17);/q;+1/p-1/b12-9-;. The molecular weight excluding hydrogens is 255 g/mol. The first-order valence-corrected chi connectivity index (χ1v) is 6.48. The van der Waals surface area contributed by atoms with Crippen LogP contribution in [0, 0.1) is 11.8 Å². The summed E-state index contributed by atoms with van der Waals surface area (Å²) in [6.07, 6.45) is 4.22. The number of carbonyl (C=O) groups excluding carboxylic acids is 2. The van der Waals surface area contributed by atoms with Crippen LogP contribution in [-0.4, -0.2) is 11.8 Å². The fourth-order valence-corrected chi connectivity index (χ4v) is 2.03. The summed E-state index contributed by atoms with van der Waals surface area (Å²) in [7, 11) is 0. The molecule has 4 heteroatoms. The summed E-state index contributed by atoms with van der Waals surface area (Å²) >= 11 is 0. The van der Waals surface area contributed by atoms with Crippen LogP contribution in [0.15, 0.2) is 11.6 Å². The van der Waals surface area contributed by atoms with Crippen molar-refractivity contribution in [1.29, 1.82) is 0 Å². The third-order valence-electron chi connectivity index (χ3n) is 3.35. The maximum Gasteiger partial charge on any atom is 1.00 e. The molecule has 0 rings (SSSR count). The van der Waals surface area contributed by atoms with Gasteiger partial charge in [0.05, 0.1) is 5.97 Å². The summed E-state index contributed by atoms with van der Waals surface area (Å²) in [5.74, 6) is -1.45. The number of hydrogen-bond acceptors (Lipinski definition) is 3. The number of aliphatic carboxylic acids is 1. The number of ketones is 1. The van der Waals surface area contributed by atoms with Gasteiger partial charge in [0, 0.05) is 5.92 Å². The first-order chi connectivity index (χ1) is 8.01. The molecule has 0 aliphatic rings. The van der Waals surface area contributed by atoms with Gasteiger partial charge in [0.1, 0.15) is 0 Å². The molecule has 0 spiro atoms. The van der Waals surface area contributed by atoms with Gasteiger partial charge in [-0.2, -0.15) is 0 Å². The fourth-order valence-electron chi connectivity index (χ4n) is 2.03. The number of rotatable bonds is 8. The predicted octanol–water partition coefficient (Wildman–Crippen LogP) is -0.892. The van der Waals surface area contributed by atoms with Gasteiger partial charge < -0.3 is 9.90 Å². The molecule has 0 bridgehead atoms. The summed E-state index contributed by atoms with van der Waals surface area (Å²) in [4.78, 5) is 23.0. The molecule has 0 saturated heterocycles. The smallest absolute Gasteiger partial charge is 0.545 e. The number of carboxylic acids is 1. The normalized spacial score (nSPS) is 11.6. The van der Waals surface area contributed by atoms with Crippen molar-refractivity contribution in [3.05, 3.63) is 11.6 Å². The molecular formula is C14H23KO3. The number of hydrogen-bond donors (Lipinski definition) is 0. The van der Waals surface area contributed by atoms with Crippen LogP contribution in [0.4, 0.5) is 0 Å². The molecule has 0 saturated carbocycles. The van der Waals surface area contributed by atoms with Crippen molar-refractivity contribution in [3.8, 4) is 0 Å². The van der Waals surface area contributed by atoms with Gasteiger partial charge in [-0.3, -0.25) is 4.79 Å². The molecule has 0 atom stereocenters. The first-order valence-electron chi connectivity index (χ1n) is 6.48. The Morgan fingerprint density at radius 1 is 0.944 bits per heavy atom. The monoisotopic (exact) mass is 278 g/mol. The molecule has 0 aromatic carbocycles. The van der Waals surface area contributed by atoms with Crippen LogP contribution in [0.2, 0.25) is 0 Å². The van der Waals surface area contributed by atoms with Crippen LogP contribution in [0.1, 0.15) is 53.4 Å². The zero-order chi connectivity index (χ0) is 13.4. The van der Waals surface area contributed by atoms with Crippen LogP contribution in [0.3, 0.4) is 0 Å². The van der Waals surface area contributed by atoms with E-state index in [9.17, 15) is 14.7 Å². The van der Waals surface area contributed by atoms with Gasteiger partial charge in [0.25, 0.3) is 0 Å². The topological polar surface area (TPSA) is 57.2 Å². The van der Waals surface area contributed by atoms with Crippen LogP contribution in [0.25, 0.3) is 0 Å². The van der Waals surface area contributed by atoms with Gasteiger partial charge in [-0.1, -0.05) is 27.7 Å². The van der Waals surface area contributed by atoms with E-state index in [1.165, 1.54) is 6.08 Å². The minimum absolute atomic E-state index is 0. The minimum atomic E-state index is -1.21. The number of carboxylic acid groups (broad SMARTS) is 1. The Bertz CT molecular complexity index is 289. The van der Waals surface area contributed by atoms with Crippen LogP contribution >= 0.6 is 0 Å². The Balaban J connectivity index is 0. The molecule has 0 fully saturated rings. The molecule has 98 valence electrons. The first kappa shape index (κ1) is 20.8. The zero-order valence-electron chi connectivity index (χ0n) is 12.3. The molecule has 0 aliphatic carbocycles. The quantitative estimate of drug-likeness (QED) is 0.427. The van der Waals surface area contributed by atoms with E-state index in [4.69, 9.17) is 0 Å². The Kier molecular flexibility index (Phi) is 13.1. The Hall–Kier alpha value is 0.516. The zero-order valence-corrected chi connectivity index (χ0v) is 15.4. The van der Waals surface area contributed by atoms with Crippen molar-refractivity contribution in [2.45, 2.75) is 53.4 Å². The third kappa shape index (κ3) is 6.62. The molecule has 3 nitrogen and oxygen atoms in total. The van der Waals surface area contributed by atoms with Crippen molar-refractivity contribution in [3.63, 3.8) is 0 Å².